The van der Waals surface area contributed by atoms with Crippen molar-refractivity contribution < 1.29 is 0 Å². The molecule has 0 atom stereocenters. The maximum absolute atomic E-state index is 12.4. The summed E-state index contributed by atoms with van der Waals surface area (Å²) in [6.07, 6.45) is 6.32. The predicted molar refractivity (Wildman–Crippen MR) is 85.5 cm³/mol. The van der Waals surface area contributed by atoms with Crippen molar-refractivity contribution in [2.75, 3.05) is 13.1 Å². The molecule has 0 spiro atoms. The molecular formula is C16H28N4O. The summed E-state index contributed by atoms with van der Waals surface area (Å²) in [5.41, 5.74) is 1.33. The van der Waals surface area contributed by atoms with E-state index in [9.17, 15) is 4.79 Å². The largest absolute Gasteiger partial charge is 0.345 e. The first-order valence-corrected chi connectivity index (χ1v) is 8.12. The molecule has 1 aliphatic rings. The second kappa shape index (κ2) is 7.59. The average Bonchev–Trinajstić information content (AvgIpc) is 2.75. The Morgan fingerprint density at radius 3 is 2.71 bits per heavy atom. The van der Waals surface area contributed by atoms with Gasteiger partial charge in [-0.15, -0.1) is 0 Å². The van der Waals surface area contributed by atoms with Gasteiger partial charge in [0.25, 0.3) is 0 Å². The number of hydrogen-bond acceptors (Lipinski definition) is 3. The van der Waals surface area contributed by atoms with Crippen molar-refractivity contribution in [2.45, 2.75) is 59.5 Å². The molecule has 1 aromatic heterocycles. The molecule has 5 heteroatoms. The van der Waals surface area contributed by atoms with E-state index in [0.29, 0.717) is 19.0 Å². The molecule has 21 heavy (non-hydrogen) atoms. The lowest BCUT2D eigenvalue weighted by Gasteiger charge is -2.21. The Labute approximate surface area is 127 Å². The highest BCUT2D eigenvalue weighted by atomic mass is 16.2. The van der Waals surface area contributed by atoms with E-state index < -0.39 is 0 Å². The van der Waals surface area contributed by atoms with Gasteiger partial charge in [-0.25, -0.2) is 9.48 Å². The van der Waals surface area contributed by atoms with Gasteiger partial charge in [0, 0.05) is 19.5 Å². The lowest BCUT2D eigenvalue weighted by molar-refractivity contribution is 0.362. The maximum atomic E-state index is 12.4. The molecule has 1 aromatic rings. The number of allylic oxidation sites excluding steroid dienone is 2. The van der Waals surface area contributed by atoms with Gasteiger partial charge in [-0.3, -0.25) is 4.57 Å². The number of hydrogen-bond donors (Lipinski definition) is 1. The highest BCUT2D eigenvalue weighted by molar-refractivity contribution is 4.94. The molecule has 0 unspecified atom stereocenters. The molecule has 0 amide bonds. The fraction of sp³-hybridized carbons (Fsp3) is 0.750. The zero-order valence-electron chi connectivity index (χ0n) is 13.6. The van der Waals surface area contributed by atoms with Gasteiger partial charge in [-0.2, -0.15) is 5.10 Å². The lowest BCUT2D eigenvalue weighted by Crippen LogP contribution is -2.30. The summed E-state index contributed by atoms with van der Waals surface area (Å²) < 4.78 is 3.48. The molecule has 1 saturated heterocycles. The number of nitrogens with one attached hydrogen (secondary N) is 1. The highest BCUT2D eigenvalue weighted by Gasteiger charge is 2.19. The fourth-order valence-corrected chi connectivity index (χ4v) is 2.92. The van der Waals surface area contributed by atoms with E-state index in [1.807, 2.05) is 11.5 Å². The molecule has 1 fully saturated rings. The molecule has 2 rings (SSSR count). The SMILES string of the molecule is CCn1c(CC2CCNCC2)nn(CCC=C(C)C)c1=O. The molecule has 1 aliphatic heterocycles. The van der Waals surface area contributed by atoms with E-state index in [4.69, 9.17) is 0 Å². The van der Waals surface area contributed by atoms with E-state index in [1.165, 1.54) is 18.4 Å². The second-order valence-electron chi connectivity index (χ2n) is 6.13. The summed E-state index contributed by atoms with van der Waals surface area (Å²) in [7, 11) is 0. The number of rotatable bonds is 6. The molecule has 5 nitrogen and oxygen atoms in total. The smallest absolute Gasteiger partial charge is 0.317 e. The Morgan fingerprint density at radius 1 is 1.38 bits per heavy atom. The summed E-state index contributed by atoms with van der Waals surface area (Å²) in [4.78, 5) is 12.4. The van der Waals surface area contributed by atoms with E-state index in [-0.39, 0.29) is 5.69 Å². The van der Waals surface area contributed by atoms with Crippen molar-refractivity contribution in [3.8, 4) is 0 Å². The average molecular weight is 292 g/mol. The summed E-state index contributed by atoms with van der Waals surface area (Å²) in [5.74, 6) is 1.62. The molecule has 1 N–H and O–H groups in total. The normalized spacial score (nSPS) is 16.1. The first-order valence-electron chi connectivity index (χ1n) is 8.12. The Bertz CT molecular complexity index is 531. The lowest BCUT2D eigenvalue weighted by atomic mass is 9.94. The molecule has 0 aromatic carbocycles. The topological polar surface area (TPSA) is 51.9 Å². The highest BCUT2D eigenvalue weighted by Crippen LogP contribution is 2.16. The summed E-state index contributed by atoms with van der Waals surface area (Å²) in [6.45, 7) is 9.74. The summed E-state index contributed by atoms with van der Waals surface area (Å²) in [6, 6.07) is 0. The predicted octanol–water partition coefficient (Wildman–Crippen LogP) is 1.96. The van der Waals surface area contributed by atoms with Crippen LogP contribution in [-0.2, 0) is 19.5 Å². The summed E-state index contributed by atoms with van der Waals surface area (Å²) in [5, 5.41) is 7.97. The standard InChI is InChI=1S/C16H28N4O/c1-4-19-15(12-14-7-9-17-10-8-14)18-20(16(19)21)11-5-6-13(2)3/h6,14,17H,4-5,7-12H2,1-3H3. The van der Waals surface area contributed by atoms with E-state index in [1.54, 1.807) is 4.68 Å². The number of piperidine rings is 1. The van der Waals surface area contributed by atoms with E-state index in [0.717, 1.165) is 31.8 Å². The second-order valence-corrected chi connectivity index (χ2v) is 6.13. The molecule has 2 heterocycles. The number of aryl methyl sites for hydroxylation is 1. The Kier molecular flexibility index (Phi) is 5.79. The third-order valence-electron chi connectivity index (χ3n) is 4.14. The Balaban J connectivity index is 2.09. The quantitative estimate of drug-likeness (QED) is 0.816. The van der Waals surface area contributed by atoms with Gasteiger partial charge in [0.15, 0.2) is 0 Å². The Hall–Kier alpha value is -1.36. The van der Waals surface area contributed by atoms with E-state index >= 15 is 0 Å². The van der Waals surface area contributed by atoms with Crippen LogP contribution in [0.1, 0.15) is 45.9 Å². The van der Waals surface area contributed by atoms with Gasteiger partial charge in [-0.05, 0) is 59.0 Å². The third-order valence-corrected chi connectivity index (χ3v) is 4.14. The van der Waals surface area contributed by atoms with Crippen LogP contribution >= 0.6 is 0 Å². The molecule has 0 radical (unpaired) electrons. The molecule has 0 bridgehead atoms. The van der Waals surface area contributed by atoms with Crippen molar-refractivity contribution in [2.24, 2.45) is 5.92 Å². The van der Waals surface area contributed by atoms with Gasteiger partial charge < -0.3 is 5.32 Å². The van der Waals surface area contributed by atoms with E-state index in [2.05, 4.69) is 30.3 Å². The van der Waals surface area contributed by atoms with Crippen LogP contribution in [0, 0.1) is 5.92 Å². The van der Waals surface area contributed by atoms with Crippen molar-refractivity contribution in [1.29, 1.82) is 0 Å². The van der Waals surface area contributed by atoms with Gasteiger partial charge in [0.1, 0.15) is 5.82 Å². The zero-order valence-corrected chi connectivity index (χ0v) is 13.6. The molecule has 0 saturated carbocycles. The molecular weight excluding hydrogens is 264 g/mol. The Morgan fingerprint density at radius 2 is 2.10 bits per heavy atom. The minimum absolute atomic E-state index is 0.0450. The zero-order chi connectivity index (χ0) is 15.2. The monoisotopic (exact) mass is 292 g/mol. The molecule has 0 aliphatic carbocycles. The van der Waals surface area contributed by atoms with Crippen LogP contribution in [-0.4, -0.2) is 27.4 Å². The van der Waals surface area contributed by atoms with Gasteiger partial charge in [0.2, 0.25) is 0 Å². The number of nitrogens with zero attached hydrogens (tertiary/aromatic N) is 3. The summed E-state index contributed by atoms with van der Waals surface area (Å²) >= 11 is 0. The molecule has 118 valence electrons. The van der Waals surface area contributed by atoms with Crippen LogP contribution in [0.3, 0.4) is 0 Å². The fourth-order valence-electron chi connectivity index (χ4n) is 2.92. The van der Waals surface area contributed by atoms with Crippen LogP contribution in [0.2, 0.25) is 0 Å². The van der Waals surface area contributed by atoms with Crippen LogP contribution in [0.15, 0.2) is 16.4 Å². The van der Waals surface area contributed by atoms with Crippen molar-refractivity contribution in [3.05, 3.63) is 28.0 Å². The number of aromatic nitrogens is 3. The van der Waals surface area contributed by atoms with Gasteiger partial charge in [-0.1, -0.05) is 11.6 Å². The third kappa shape index (κ3) is 4.30. The van der Waals surface area contributed by atoms with Crippen LogP contribution in [0.5, 0.6) is 0 Å². The van der Waals surface area contributed by atoms with Crippen LogP contribution in [0.25, 0.3) is 0 Å². The van der Waals surface area contributed by atoms with Crippen molar-refractivity contribution in [1.82, 2.24) is 19.7 Å². The maximum Gasteiger partial charge on any atom is 0.345 e. The minimum atomic E-state index is 0.0450. The first-order chi connectivity index (χ1) is 10.1. The van der Waals surface area contributed by atoms with Crippen LogP contribution in [0.4, 0.5) is 0 Å². The minimum Gasteiger partial charge on any atom is -0.317 e. The first kappa shape index (κ1) is 16.0. The van der Waals surface area contributed by atoms with Gasteiger partial charge in [0.05, 0.1) is 0 Å². The van der Waals surface area contributed by atoms with Gasteiger partial charge >= 0.3 is 5.69 Å². The van der Waals surface area contributed by atoms with Crippen LogP contribution < -0.4 is 11.0 Å². The van der Waals surface area contributed by atoms with Crippen molar-refractivity contribution in [3.63, 3.8) is 0 Å². The van der Waals surface area contributed by atoms with Crippen molar-refractivity contribution >= 4 is 0 Å².